The van der Waals surface area contributed by atoms with Crippen LogP contribution < -0.4 is 10.5 Å². The first-order valence-corrected chi connectivity index (χ1v) is 5.06. The highest BCUT2D eigenvalue weighted by molar-refractivity contribution is 9.10. The summed E-state index contributed by atoms with van der Waals surface area (Å²) in [6.07, 6.45) is 0. The highest BCUT2D eigenvalue weighted by atomic mass is 79.9. The van der Waals surface area contributed by atoms with E-state index in [4.69, 9.17) is 10.5 Å². The first-order valence-electron chi connectivity index (χ1n) is 4.27. The van der Waals surface area contributed by atoms with Gasteiger partial charge in [-0.25, -0.2) is 0 Å². The Balaban J connectivity index is 3.00. The van der Waals surface area contributed by atoms with E-state index >= 15 is 0 Å². The maximum atomic E-state index is 11.2. The van der Waals surface area contributed by atoms with Crippen LogP contribution >= 0.6 is 15.9 Å². The molecule has 4 nitrogen and oxygen atoms in total. The molecule has 0 fully saturated rings. The van der Waals surface area contributed by atoms with Crippen molar-refractivity contribution >= 4 is 21.9 Å². The van der Waals surface area contributed by atoms with Crippen LogP contribution in [-0.2, 0) is 9.53 Å². The summed E-state index contributed by atoms with van der Waals surface area (Å²) in [7, 11) is 2.85. The van der Waals surface area contributed by atoms with Gasteiger partial charge in [-0.1, -0.05) is 6.07 Å². The van der Waals surface area contributed by atoms with E-state index in [1.807, 2.05) is 0 Å². The van der Waals surface area contributed by atoms with Gasteiger partial charge < -0.3 is 15.2 Å². The average Bonchev–Trinajstić information content (AvgIpc) is 2.27. The van der Waals surface area contributed by atoms with Crippen molar-refractivity contribution in [2.45, 2.75) is 6.04 Å². The van der Waals surface area contributed by atoms with Gasteiger partial charge in [-0.15, -0.1) is 0 Å². The summed E-state index contributed by atoms with van der Waals surface area (Å²) >= 11 is 3.31. The summed E-state index contributed by atoms with van der Waals surface area (Å²) in [5.41, 5.74) is 6.33. The summed E-state index contributed by atoms with van der Waals surface area (Å²) in [6.45, 7) is 0. The van der Waals surface area contributed by atoms with Gasteiger partial charge in [-0.3, -0.25) is 4.79 Å². The van der Waals surface area contributed by atoms with Crippen LogP contribution in [0.3, 0.4) is 0 Å². The lowest BCUT2D eigenvalue weighted by Crippen LogP contribution is -2.22. The number of rotatable bonds is 3. The molecule has 82 valence electrons. The van der Waals surface area contributed by atoms with Crippen LogP contribution in [-0.4, -0.2) is 20.2 Å². The zero-order valence-electron chi connectivity index (χ0n) is 8.49. The van der Waals surface area contributed by atoms with Gasteiger partial charge in [0.2, 0.25) is 0 Å². The van der Waals surface area contributed by atoms with Crippen LogP contribution in [0.2, 0.25) is 0 Å². The molecule has 1 aromatic rings. The fourth-order valence-corrected chi connectivity index (χ4v) is 1.54. The van der Waals surface area contributed by atoms with Gasteiger partial charge in [0.1, 0.15) is 11.8 Å². The Labute approximate surface area is 96.5 Å². The summed E-state index contributed by atoms with van der Waals surface area (Å²) in [5, 5.41) is 0. The molecule has 2 N–H and O–H groups in total. The second-order valence-corrected chi connectivity index (χ2v) is 3.75. The molecule has 1 rings (SSSR count). The lowest BCUT2D eigenvalue weighted by atomic mass is 10.1. The Morgan fingerprint density at radius 2 is 2.13 bits per heavy atom. The summed E-state index contributed by atoms with van der Waals surface area (Å²) in [6, 6.07) is 4.44. The second kappa shape index (κ2) is 5.14. The number of ether oxygens (including phenoxy) is 2. The molecule has 0 aliphatic carbocycles. The van der Waals surface area contributed by atoms with Crippen molar-refractivity contribution in [2.75, 3.05) is 14.2 Å². The number of carbonyl (C=O) groups is 1. The van der Waals surface area contributed by atoms with Gasteiger partial charge >= 0.3 is 5.97 Å². The number of esters is 1. The molecule has 1 atom stereocenters. The van der Waals surface area contributed by atoms with Crippen molar-refractivity contribution < 1.29 is 14.3 Å². The Morgan fingerprint density at radius 1 is 1.47 bits per heavy atom. The predicted octanol–water partition coefficient (Wildman–Crippen LogP) is 1.63. The topological polar surface area (TPSA) is 61.5 Å². The normalized spacial score (nSPS) is 12.0. The highest BCUT2D eigenvalue weighted by Crippen LogP contribution is 2.27. The molecular weight excluding hydrogens is 262 g/mol. The molecule has 15 heavy (non-hydrogen) atoms. The SMILES string of the molecule is COC(=O)C(N)c1ccc(Br)c(OC)c1. The highest BCUT2D eigenvalue weighted by Gasteiger charge is 2.17. The molecular formula is C10H12BrNO3. The van der Waals surface area contributed by atoms with E-state index in [1.165, 1.54) is 7.11 Å². The Morgan fingerprint density at radius 3 is 2.67 bits per heavy atom. The van der Waals surface area contributed by atoms with Gasteiger partial charge in [-0.05, 0) is 33.6 Å². The third kappa shape index (κ3) is 2.70. The lowest BCUT2D eigenvalue weighted by molar-refractivity contribution is -0.142. The van der Waals surface area contributed by atoms with Crippen molar-refractivity contribution in [2.24, 2.45) is 5.73 Å². The van der Waals surface area contributed by atoms with Gasteiger partial charge in [0.25, 0.3) is 0 Å². The Hall–Kier alpha value is -1.07. The molecule has 0 aliphatic heterocycles. The summed E-state index contributed by atoms with van der Waals surface area (Å²) in [4.78, 5) is 11.2. The molecule has 0 aliphatic rings. The standard InChI is InChI=1S/C10H12BrNO3/c1-14-8-5-6(3-4-7(8)11)9(12)10(13)15-2/h3-5,9H,12H2,1-2H3. The molecule has 0 radical (unpaired) electrons. The van der Waals surface area contributed by atoms with Crippen molar-refractivity contribution in [3.8, 4) is 5.75 Å². The molecule has 0 saturated heterocycles. The Bertz CT molecular complexity index is 368. The van der Waals surface area contributed by atoms with E-state index in [2.05, 4.69) is 20.7 Å². The van der Waals surface area contributed by atoms with E-state index in [0.717, 1.165) is 4.47 Å². The quantitative estimate of drug-likeness (QED) is 0.851. The molecule has 0 heterocycles. The smallest absolute Gasteiger partial charge is 0.327 e. The zero-order valence-corrected chi connectivity index (χ0v) is 10.1. The van der Waals surface area contributed by atoms with Crippen LogP contribution in [0.1, 0.15) is 11.6 Å². The van der Waals surface area contributed by atoms with E-state index in [-0.39, 0.29) is 0 Å². The molecule has 5 heteroatoms. The number of hydrogen-bond donors (Lipinski definition) is 1. The van der Waals surface area contributed by atoms with Gasteiger partial charge in [0.15, 0.2) is 0 Å². The van der Waals surface area contributed by atoms with E-state index < -0.39 is 12.0 Å². The lowest BCUT2D eigenvalue weighted by Gasteiger charge is -2.11. The maximum Gasteiger partial charge on any atom is 0.327 e. The van der Waals surface area contributed by atoms with Gasteiger partial charge in [0, 0.05) is 0 Å². The van der Waals surface area contributed by atoms with Crippen LogP contribution in [0.4, 0.5) is 0 Å². The zero-order chi connectivity index (χ0) is 11.4. The van der Waals surface area contributed by atoms with Crippen LogP contribution in [0.15, 0.2) is 22.7 Å². The van der Waals surface area contributed by atoms with E-state index in [9.17, 15) is 4.79 Å². The molecule has 0 saturated carbocycles. The van der Waals surface area contributed by atoms with E-state index in [0.29, 0.717) is 11.3 Å². The molecule has 0 bridgehead atoms. The van der Waals surface area contributed by atoms with Crippen molar-refractivity contribution in [3.05, 3.63) is 28.2 Å². The van der Waals surface area contributed by atoms with Crippen LogP contribution in [0.5, 0.6) is 5.75 Å². The third-order valence-electron chi connectivity index (χ3n) is 1.99. The number of methoxy groups -OCH3 is 2. The fraction of sp³-hybridized carbons (Fsp3) is 0.300. The number of halogens is 1. The summed E-state index contributed by atoms with van der Waals surface area (Å²) < 4.78 is 10.5. The summed E-state index contributed by atoms with van der Waals surface area (Å²) in [5.74, 6) is 0.159. The van der Waals surface area contributed by atoms with Crippen molar-refractivity contribution in [3.63, 3.8) is 0 Å². The molecule has 0 aromatic heterocycles. The van der Waals surface area contributed by atoms with Crippen molar-refractivity contribution in [1.82, 2.24) is 0 Å². The first kappa shape index (κ1) is 12.0. The predicted molar refractivity (Wildman–Crippen MR) is 59.6 cm³/mol. The first-order chi connectivity index (χ1) is 7.10. The number of carbonyl (C=O) groups excluding carboxylic acids is 1. The number of nitrogens with two attached hydrogens (primary N) is 1. The monoisotopic (exact) mass is 273 g/mol. The number of benzene rings is 1. The largest absolute Gasteiger partial charge is 0.496 e. The number of hydrogen-bond acceptors (Lipinski definition) is 4. The van der Waals surface area contributed by atoms with Gasteiger partial charge in [0.05, 0.1) is 18.7 Å². The minimum absolute atomic E-state index is 0.473. The van der Waals surface area contributed by atoms with Crippen LogP contribution in [0, 0.1) is 0 Å². The van der Waals surface area contributed by atoms with Crippen molar-refractivity contribution in [1.29, 1.82) is 0 Å². The minimum Gasteiger partial charge on any atom is -0.496 e. The second-order valence-electron chi connectivity index (χ2n) is 2.89. The molecule has 1 unspecified atom stereocenters. The van der Waals surface area contributed by atoms with Crippen LogP contribution in [0.25, 0.3) is 0 Å². The Kier molecular flexibility index (Phi) is 4.11. The fourth-order valence-electron chi connectivity index (χ4n) is 1.13. The molecule has 1 aromatic carbocycles. The molecule has 0 spiro atoms. The minimum atomic E-state index is -0.781. The van der Waals surface area contributed by atoms with E-state index in [1.54, 1.807) is 25.3 Å². The third-order valence-corrected chi connectivity index (χ3v) is 2.64. The van der Waals surface area contributed by atoms with Gasteiger partial charge in [-0.2, -0.15) is 0 Å². The molecule has 0 amide bonds. The average molecular weight is 274 g/mol. The maximum absolute atomic E-state index is 11.2.